The van der Waals surface area contributed by atoms with E-state index < -0.39 is 0 Å². The first-order valence-electron chi connectivity index (χ1n) is 7.71. The lowest BCUT2D eigenvalue weighted by molar-refractivity contribution is -0.123. The summed E-state index contributed by atoms with van der Waals surface area (Å²) in [6, 6.07) is 12.9. The Kier molecular flexibility index (Phi) is 3.23. The molecule has 4 rings (SSSR count). The smallest absolute Gasteiger partial charge is 0.239 e. The zero-order valence-electron chi connectivity index (χ0n) is 12.8. The highest BCUT2D eigenvalue weighted by molar-refractivity contribution is 6.22. The van der Waals surface area contributed by atoms with E-state index in [0.717, 1.165) is 5.56 Å². The molecule has 0 bridgehead atoms. The van der Waals surface area contributed by atoms with Crippen LogP contribution in [0.3, 0.4) is 0 Å². The summed E-state index contributed by atoms with van der Waals surface area (Å²) in [5.74, 6) is -0.816. The number of hydrogen-bond acceptors (Lipinski definition) is 4. The molecular formula is C18H17N3O2. The minimum absolute atomic E-state index is 0.0931. The fourth-order valence-electron chi connectivity index (χ4n) is 3.84. The molecule has 0 N–H and O–H groups in total. The van der Waals surface area contributed by atoms with Crippen LogP contribution in [0.25, 0.3) is 0 Å². The van der Waals surface area contributed by atoms with Crippen molar-refractivity contribution < 1.29 is 9.59 Å². The molecule has 2 fully saturated rings. The van der Waals surface area contributed by atoms with Gasteiger partial charge in [0.05, 0.1) is 17.5 Å². The number of carbonyl (C=O) groups excluding carboxylic acids is 2. The maximum Gasteiger partial charge on any atom is 0.239 e. The Balaban J connectivity index is 1.73. The van der Waals surface area contributed by atoms with Crippen LogP contribution in [0.1, 0.15) is 11.6 Å². The second-order valence-corrected chi connectivity index (χ2v) is 6.15. The number of nitrogens with zero attached hydrogens (tertiary/aromatic N) is 3. The second kappa shape index (κ2) is 5.28. The topological polar surface area (TPSA) is 53.5 Å². The first-order chi connectivity index (χ1) is 11.2. The molecule has 2 aliphatic rings. The quantitative estimate of drug-likeness (QED) is 0.795. The fraction of sp³-hybridized carbons (Fsp3) is 0.278. The number of aromatic nitrogens is 1. The molecule has 0 aliphatic carbocycles. The van der Waals surface area contributed by atoms with Gasteiger partial charge in [-0.15, -0.1) is 0 Å². The molecule has 2 saturated heterocycles. The summed E-state index contributed by atoms with van der Waals surface area (Å²) in [5.41, 5.74) is 1.64. The minimum atomic E-state index is -0.336. The van der Waals surface area contributed by atoms with Gasteiger partial charge in [0.1, 0.15) is 0 Å². The van der Waals surface area contributed by atoms with Gasteiger partial charge in [-0.3, -0.25) is 19.5 Å². The van der Waals surface area contributed by atoms with E-state index in [9.17, 15) is 9.59 Å². The van der Waals surface area contributed by atoms with E-state index in [1.165, 1.54) is 4.90 Å². The maximum atomic E-state index is 13.0. The van der Waals surface area contributed by atoms with E-state index in [-0.39, 0.29) is 29.7 Å². The third-order valence-corrected chi connectivity index (χ3v) is 4.82. The number of carbonyl (C=O) groups is 2. The number of rotatable bonds is 2. The number of amides is 2. The zero-order valence-corrected chi connectivity index (χ0v) is 12.8. The van der Waals surface area contributed by atoms with Crippen LogP contribution in [0.5, 0.6) is 0 Å². The minimum Gasteiger partial charge on any atom is -0.298 e. The van der Waals surface area contributed by atoms with Crippen molar-refractivity contribution in [3.63, 3.8) is 0 Å². The van der Waals surface area contributed by atoms with Crippen molar-refractivity contribution in [2.24, 2.45) is 11.8 Å². The van der Waals surface area contributed by atoms with Crippen molar-refractivity contribution in [2.45, 2.75) is 6.04 Å². The van der Waals surface area contributed by atoms with E-state index in [1.807, 2.05) is 37.4 Å². The second-order valence-electron chi connectivity index (χ2n) is 6.15. The summed E-state index contributed by atoms with van der Waals surface area (Å²) in [6.45, 7) is 0.595. The molecule has 5 nitrogen and oxygen atoms in total. The third-order valence-electron chi connectivity index (χ3n) is 4.82. The molecule has 5 heteroatoms. The van der Waals surface area contributed by atoms with Gasteiger partial charge >= 0.3 is 0 Å². The lowest BCUT2D eigenvalue weighted by atomic mass is 9.89. The van der Waals surface area contributed by atoms with Crippen LogP contribution in [0.2, 0.25) is 0 Å². The summed E-state index contributed by atoms with van der Waals surface area (Å²) >= 11 is 0. The molecule has 3 atom stereocenters. The predicted molar refractivity (Wildman–Crippen MR) is 85.5 cm³/mol. The molecule has 2 amide bonds. The number of pyridine rings is 1. The Morgan fingerprint density at radius 1 is 1.04 bits per heavy atom. The molecule has 116 valence electrons. The highest BCUT2D eigenvalue weighted by atomic mass is 16.2. The van der Waals surface area contributed by atoms with Crippen LogP contribution in [0.4, 0.5) is 5.69 Å². The summed E-state index contributed by atoms with van der Waals surface area (Å²) in [5, 5.41) is 0. The maximum absolute atomic E-state index is 13.0. The first kappa shape index (κ1) is 14.1. The van der Waals surface area contributed by atoms with Crippen LogP contribution >= 0.6 is 0 Å². The Hall–Kier alpha value is -2.53. The van der Waals surface area contributed by atoms with E-state index in [2.05, 4.69) is 9.88 Å². The number of hydrogen-bond donors (Lipinski definition) is 0. The van der Waals surface area contributed by atoms with Gasteiger partial charge < -0.3 is 0 Å². The Labute approximate surface area is 134 Å². The van der Waals surface area contributed by atoms with Gasteiger partial charge in [0.15, 0.2) is 0 Å². The largest absolute Gasteiger partial charge is 0.298 e. The van der Waals surface area contributed by atoms with Gasteiger partial charge in [-0.25, -0.2) is 4.90 Å². The van der Waals surface area contributed by atoms with Crippen molar-refractivity contribution in [3.05, 3.63) is 60.4 Å². The number of imide groups is 1. The number of fused-ring (bicyclic) bond motifs is 1. The predicted octanol–water partition coefficient (Wildman–Crippen LogP) is 1.87. The monoisotopic (exact) mass is 307 g/mol. The van der Waals surface area contributed by atoms with Gasteiger partial charge in [0.25, 0.3) is 0 Å². The van der Waals surface area contributed by atoms with Gasteiger partial charge in [-0.2, -0.15) is 0 Å². The van der Waals surface area contributed by atoms with E-state index >= 15 is 0 Å². The van der Waals surface area contributed by atoms with Crippen LogP contribution in [0, 0.1) is 11.8 Å². The van der Waals surface area contributed by atoms with Crippen LogP contribution < -0.4 is 4.90 Å². The fourth-order valence-corrected chi connectivity index (χ4v) is 3.84. The summed E-state index contributed by atoms with van der Waals surface area (Å²) in [7, 11) is 1.96. The molecule has 0 radical (unpaired) electrons. The highest BCUT2D eigenvalue weighted by Crippen LogP contribution is 2.46. The van der Waals surface area contributed by atoms with Gasteiger partial charge in [0, 0.05) is 25.0 Å². The first-order valence-corrected chi connectivity index (χ1v) is 7.71. The molecule has 23 heavy (non-hydrogen) atoms. The Bertz CT molecular complexity index is 747. The molecule has 0 saturated carbocycles. The van der Waals surface area contributed by atoms with Crippen molar-refractivity contribution in [1.29, 1.82) is 0 Å². The molecule has 2 aromatic rings. The Morgan fingerprint density at radius 2 is 1.83 bits per heavy atom. The van der Waals surface area contributed by atoms with E-state index in [4.69, 9.17) is 0 Å². The van der Waals surface area contributed by atoms with Crippen molar-refractivity contribution in [2.75, 3.05) is 18.5 Å². The summed E-state index contributed by atoms with van der Waals surface area (Å²) in [4.78, 5) is 33.4. The molecular weight excluding hydrogens is 290 g/mol. The summed E-state index contributed by atoms with van der Waals surface area (Å²) in [6.07, 6.45) is 3.50. The standard InChI is InChI=1S/C18H17N3O2/c1-20-11-14-15(16(20)12-6-5-9-19-10-12)18(23)21(17(14)22)13-7-3-2-4-8-13/h2-10,14-16H,11H2,1H3/t14-,15-,16-/m1/s1. The number of para-hydroxylation sites is 1. The highest BCUT2D eigenvalue weighted by Gasteiger charge is 2.57. The molecule has 2 aliphatic heterocycles. The lowest BCUT2D eigenvalue weighted by Crippen LogP contribution is -2.36. The SMILES string of the molecule is CN1C[C@H]2C(=O)N(c3ccccc3)C(=O)[C@H]2[C@H]1c1cccnc1. The van der Waals surface area contributed by atoms with Crippen molar-refractivity contribution >= 4 is 17.5 Å². The van der Waals surface area contributed by atoms with E-state index in [1.54, 1.807) is 24.5 Å². The van der Waals surface area contributed by atoms with Crippen LogP contribution in [0.15, 0.2) is 54.9 Å². The van der Waals surface area contributed by atoms with Gasteiger partial charge in [0.2, 0.25) is 11.8 Å². The van der Waals surface area contributed by atoms with Crippen molar-refractivity contribution in [3.8, 4) is 0 Å². The molecule has 3 heterocycles. The van der Waals surface area contributed by atoms with Crippen molar-refractivity contribution in [1.82, 2.24) is 9.88 Å². The van der Waals surface area contributed by atoms with Crippen LogP contribution in [-0.2, 0) is 9.59 Å². The average Bonchev–Trinajstić information content (AvgIpc) is 3.04. The van der Waals surface area contributed by atoms with Crippen LogP contribution in [-0.4, -0.2) is 35.3 Å². The average molecular weight is 307 g/mol. The zero-order chi connectivity index (χ0) is 16.0. The third kappa shape index (κ3) is 2.08. The summed E-state index contributed by atoms with van der Waals surface area (Å²) < 4.78 is 0. The molecule has 1 aromatic carbocycles. The van der Waals surface area contributed by atoms with Gasteiger partial charge in [-0.05, 0) is 30.8 Å². The normalized spacial score (nSPS) is 27.5. The lowest BCUT2D eigenvalue weighted by Gasteiger charge is -2.25. The van der Waals surface area contributed by atoms with Gasteiger partial charge in [-0.1, -0.05) is 24.3 Å². The molecule has 1 aromatic heterocycles. The number of benzene rings is 1. The number of anilines is 1. The van der Waals surface area contributed by atoms with E-state index in [0.29, 0.717) is 12.2 Å². The molecule has 0 unspecified atom stereocenters. The number of likely N-dealkylation sites (tertiary alicyclic amines) is 1. The molecule has 0 spiro atoms. The Morgan fingerprint density at radius 3 is 2.52 bits per heavy atom.